The molecule has 4 N–H and O–H groups in total. The average Bonchev–Trinajstić information content (AvgIpc) is 3.02. The molecular weight excluding hydrogens is 434 g/mol. The number of fused-ring (bicyclic) bond motifs is 1. The molecule has 0 aromatic heterocycles. The van der Waals surface area contributed by atoms with Gasteiger partial charge in [0.1, 0.15) is 11.6 Å². The summed E-state index contributed by atoms with van der Waals surface area (Å²) in [5, 5.41) is 19.3. The molecule has 8 nitrogen and oxygen atoms in total. The van der Waals surface area contributed by atoms with Crippen molar-refractivity contribution in [2.24, 2.45) is 5.73 Å². The number of Topliss-reactive ketones (excluding diaryl/α,β-unsaturated/α-hetero) is 1. The summed E-state index contributed by atoms with van der Waals surface area (Å²) in [4.78, 5) is 26.8. The van der Waals surface area contributed by atoms with Crippen LogP contribution in [-0.4, -0.2) is 46.8 Å². The number of amidine groups is 1. The number of nitrogens with two attached hydrogens (primary N) is 1. The van der Waals surface area contributed by atoms with Gasteiger partial charge in [0.15, 0.2) is 17.3 Å². The zero-order valence-electron chi connectivity index (χ0n) is 20.6. The number of phenolic OH excluding ortho intramolecular Hbond substituents is 1. The maximum atomic E-state index is 13.3. The first kappa shape index (κ1) is 25.1. The van der Waals surface area contributed by atoms with E-state index in [2.05, 4.69) is 0 Å². The van der Waals surface area contributed by atoms with Crippen LogP contribution in [-0.2, 0) is 12.0 Å². The molecule has 2 aromatic carbocycles. The van der Waals surface area contributed by atoms with Crippen molar-refractivity contribution in [1.82, 2.24) is 4.90 Å². The number of carbonyl (C=O) groups excluding carboxylic acids is 2. The highest BCUT2D eigenvalue weighted by Gasteiger charge is 2.30. The number of nitrogens with one attached hydrogen (secondary N) is 1. The molecule has 1 heterocycles. The van der Waals surface area contributed by atoms with Crippen molar-refractivity contribution >= 4 is 17.5 Å². The van der Waals surface area contributed by atoms with E-state index in [1.807, 2.05) is 41.5 Å². The van der Waals surface area contributed by atoms with Gasteiger partial charge in [0, 0.05) is 23.2 Å². The minimum Gasteiger partial charge on any atom is -0.504 e. The van der Waals surface area contributed by atoms with Crippen molar-refractivity contribution in [2.45, 2.75) is 59.6 Å². The molecule has 0 aliphatic carbocycles. The van der Waals surface area contributed by atoms with Gasteiger partial charge in [0.25, 0.3) is 5.91 Å². The summed E-state index contributed by atoms with van der Waals surface area (Å²) in [6.45, 7) is 12.0. The van der Waals surface area contributed by atoms with Gasteiger partial charge < -0.3 is 25.2 Å². The van der Waals surface area contributed by atoms with E-state index in [-0.39, 0.29) is 41.3 Å². The molecule has 0 fully saturated rings. The van der Waals surface area contributed by atoms with Crippen LogP contribution in [0.4, 0.5) is 0 Å². The van der Waals surface area contributed by atoms with Crippen molar-refractivity contribution in [3.63, 3.8) is 0 Å². The Labute approximate surface area is 200 Å². The van der Waals surface area contributed by atoms with Gasteiger partial charge in [-0.15, -0.1) is 0 Å². The number of phenols is 1. The third kappa shape index (κ3) is 5.00. The lowest BCUT2D eigenvalue weighted by Crippen LogP contribution is -2.30. The lowest BCUT2D eigenvalue weighted by atomic mass is 9.84. The van der Waals surface area contributed by atoms with Crippen LogP contribution in [0.25, 0.3) is 0 Å². The van der Waals surface area contributed by atoms with Crippen LogP contribution in [0.2, 0.25) is 0 Å². The molecule has 0 radical (unpaired) electrons. The number of aromatic hydroxyl groups is 1. The molecule has 3 rings (SSSR count). The Morgan fingerprint density at radius 3 is 2.41 bits per heavy atom. The minimum absolute atomic E-state index is 0.0292. The molecule has 182 valence electrons. The fourth-order valence-corrected chi connectivity index (χ4v) is 3.98. The number of carbonyl (C=O) groups is 2. The van der Waals surface area contributed by atoms with Gasteiger partial charge in [-0.25, -0.2) is 0 Å². The summed E-state index contributed by atoms with van der Waals surface area (Å²) in [5.41, 5.74) is 7.65. The maximum absolute atomic E-state index is 13.3. The molecule has 0 saturated heterocycles. The third-order valence-corrected chi connectivity index (χ3v) is 5.61. The molecule has 1 amide bonds. The fourth-order valence-electron chi connectivity index (χ4n) is 3.98. The summed E-state index contributed by atoms with van der Waals surface area (Å²) in [5.74, 6) is -0.0395. The number of rotatable bonds is 8. The van der Waals surface area contributed by atoms with E-state index in [1.54, 1.807) is 29.2 Å². The molecule has 2 aromatic rings. The molecule has 0 bridgehead atoms. The number of benzene rings is 2. The zero-order valence-corrected chi connectivity index (χ0v) is 20.6. The molecule has 34 heavy (non-hydrogen) atoms. The van der Waals surface area contributed by atoms with Crippen LogP contribution in [0.15, 0.2) is 24.3 Å². The first-order valence-electron chi connectivity index (χ1n) is 11.3. The number of nitrogens with zero attached hydrogens (tertiary/aromatic N) is 1. The van der Waals surface area contributed by atoms with E-state index in [0.29, 0.717) is 35.6 Å². The van der Waals surface area contributed by atoms with Crippen LogP contribution >= 0.6 is 0 Å². The molecule has 0 spiro atoms. The maximum Gasteiger partial charge on any atom is 0.252 e. The number of ketones is 1. The molecule has 1 aliphatic heterocycles. The summed E-state index contributed by atoms with van der Waals surface area (Å²) < 4.78 is 11.3. The highest BCUT2D eigenvalue weighted by Crippen LogP contribution is 2.39. The Balaban J connectivity index is 1.92. The summed E-state index contributed by atoms with van der Waals surface area (Å²) in [6, 6.07) is 6.52. The normalized spacial score (nSPS) is 13.3. The second kappa shape index (κ2) is 9.37. The number of ether oxygens (including phenoxy) is 2. The standard InChI is InChI=1S/C26H33N3O5/c1-7-33-21-10-16-12-29(24(27)17(16)11-18(21)25(28)32)13-20(30)15-8-19(26(4,5)6)23(31)22(9-15)34-14(2)3/h8-11,14,27,31H,7,12-13H2,1-6H3,(H2,28,32). The Bertz CT molecular complexity index is 1150. The molecule has 1 aliphatic rings. The topological polar surface area (TPSA) is 126 Å². The first-order chi connectivity index (χ1) is 15.8. The zero-order chi connectivity index (χ0) is 25.4. The average molecular weight is 468 g/mol. The monoisotopic (exact) mass is 467 g/mol. The van der Waals surface area contributed by atoms with Crippen LogP contribution in [0.5, 0.6) is 17.2 Å². The molecule has 0 saturated carbocycles. The lowest BCUT2D eigenvalue weighted by Gasteiger charge is -2.24. The molecular formula is C26H33N3O5. The van der Waals surface area contributed by atoms with Crippen LogP contribution in [0.3, 0.4) is 0 Å². The van der Waals surface area contributed by atoms with E-state index < -0.39 is 11.3 Å². The van der Waals surface area contributed by atoms with Gasteiger partial charge in [-0.05, 0) is 56.0 Å². The molecule has 0 atom stereocenters. The number of amides is 1. The molecule has 0 unspecified atom stereocenters. The van der Waals surface area contributed by atoms with Crippen molar-refractivity contribution in [2.75, 3.05) is 13.2 Å². The fraction of sp³-hybridized carbons (Fsp3) is 0.423. The number of primary amides is 1. The Morgan fingerprint density at radius 2 is 1.85 bits per heavy atom. The van der Waals surface area contributed by atoms with Crippen LogP contribution in [0, 0.1) is 5.41 Å². The summed E-state index contributed by atoms with van der Waals surface area (Å²) >= 11 is 0. The van der Waals surface area contributed by atoms with E-state index >= 15 is 0 Å². The minimum atomic E-state index is -0.634. The summed E-state index contributed by atoms with van der Waals surface area (Å²) in [7, 11) is 0. The Morgan fingerprint density at radius 1 is 1.18 bits per heavy atom. The summed E-state index contributed by atoms with van der Waals surface area (Å²) in [6.07, 6.45) is -0.177. The van der Waals surface area contributed by atoms with Crippen molar-refractivity contribution in [3.05, 3.63) is 52.1 Å². The SMILES string of the molecule is CCOc1cc2c(cc1C(N)=O)C(=N)N(CC(=O)c1cc(OC(C)C)c(O)c(C(C)(C)C)c1)C2. The van der Waals surface area contributed by atoms with Gasteiger partial charge in [0.05, 0.1) is 24.8 Å². The Hall–Kier alpha value is -3.55. The third-order valence-electron chi connectivity index (χ3n) is 5.61. The van der Waals surface area contributed by atoms with Crippen LogP contribution in [0.1, 0.15) is 78.9 Å². The van der Waals surface area contributed by atoms with Crippen LogP contribution < -0.4 is 15.2 Å². The highest BCUT2D eigenvalue weighted by atomic mass is 16.5. The smallest absolute Gasteiger partial charge is 0.252 e. The number of hydrogen-bond donors (Lipinski definition) is 3. The second-order valence-electron chi connectivity index (χ2n) is 9.72. The van der Waals surface area contributed by atoms with Gasteiger partial charge >= 0.3 is 0 Å². The van der Waals surface area contributed by atoms with E-state index in [4.69, 9.17) is 20.6 Å². The predicted octanol–water partition coefficient (Wildman–Crippen LogP) is 4.00. The van der Waals surface area contributed by atoms with Crippen molar-refractivity contribution in [3.8, 4) is 17.2 Å². The quantitative estimate of drug-likeness (QED) is 0.504. The van der Waals surface area contributed by atoms with Crippen molar-refractivity contribution in [1.29, 1.82) is 5.41 Å². The van der Waals surface area contributed by atoms with Gasteiger partial charge in [0.2, 0.25) is 0 Å². The van der Waals surface area contributed by atoms with Gasteiger partial charge in [-0.1, -0.05) is 20.8 Å². The van der Waals surface area contributed by atoms with E-state index in [9.17, 15) is 14.7 Å². The largest absolute Gasteiger partial charge is 0.504 e. The second-order valence-corrected chi connectivity index (χ2v) is 9.72. The Kier molecular flexibility index (Phi) is 6.91. The number of hydrogen-bond acceptors (Lipinski definition) is 6. The first-order valence-corrected chi connectivity index (χ1v) is 11.3. The van der Waals surface area contributed by atoms with Gasteiger partial charge in [-0.3, -0.25) is 15.0 Å². The lowest BCUT2D eigenvalue weighted by molar-refractivity contribution is 0.0960. The predicted molar refractivity (Wildman–Crippen MR) is 130 cm³/mol. The van der Waals surface area contributed by atoms with E-state index in [0.717, 1.165) is 5.56 Å². The molecule has 8 heteroatoms. The highest BCUT2D eigenvalue weighted by molar-refractivity contribution is 6.07. The van der Waals surface area contributed by atoms with Crippen molar-refractivity contribution < 1.29 is 24.2 Å². The van der Waals surface area contributed by atoms with Gasteiger partial charge in [-0.2, -0.15) is 0 Å². The van der Waals surface area contributed by atoms with E-state index in [1.165, 1.54) is 0 Å².